The minimum absolute atomic E-state index is 0.0946. The highest BCUT2D eigenvalue weighted by Gasteiger charge is 2.36. The Hall–Kier alpha value is -2.53. The first-order chi connectivity index (χ1) is 12.8. The topological polar surface area (TPSA) is 56.8 Å². The lowest BCUT2D eigenvalue weighted by Crippen LogP contribution is -2.50. The molecule has 0 bridgehead atoms. The van der Waals surface area contributed by atoms with Crippen LogP contribution in [0.15, 0.2) is 54.6 Å². The Morgan fingerprint density at radius 1 is 1.00 bits per heavy atom. The third kappa shape index (κ3) is 3.40. The minimum atomic E-state index is -0.627. The molecule has 1 fully saturated rings. The molecule has 0 aromatic heterocycles. The molecule has 1 saturated heterocycles. The average molecular weight is 353 g/mol. The number of carbonyl (C=O) groups excluding carboxylic acids is 1. The van der Waals surface area contributed by atoms with E-state index in [9.17, 15) is 4.79 Å². The van der Waals surface area contributed by atoms with E-state index >= 15 is 0 Å². The molecule has 26 heavy (non-hydrogen) atoms. The smallest absolute Gasteiger partial charge is 0.264 e. The molecule has 0 saturated carbocycles. The van der Waals surface area contributed by atoms with Gasteiger partial charge in [0, 0.05) is 25.2 Å². The Kier molecular flexibility index (Phi) is 4.80. The normalized spacial score (nSPS) is 21.0. The van der Waals surface area contributed by atoms with Gasteiger partial charge in [-0.25, -0.2) is 0 Å². The lowest BCUT2D eigenvalue weighted by atomic mass is 9.74. The summed E-state index contributed by atoms with van der Waals surface area (Å²) in [5.41, 5.74) is 1.15. The second-order valence-corrected chi connectivity index (χ2v) is 6.84. The first kappa shape index (κ1) is 16.9. The SMILES string of the molecule is O=C(NCC1(c2ccccc2)CCOCC1)[C@@H]1COc2ccccc2O1. The largest absolute Gasteiger partial charge is 0.485 e. The third-order valence-electron chi connectivity index (χ3n) is 5.24. The highest BCUT2D eigenvalue weighted by Crippen LogP contribution is 2.34. The molecular weight excluding hydrogens is 330 g/mol. The molecule has 2 heterocycles. The van der Waals surface area contributed by atoms with Crippen LogP contribution in [0, 0.1) is 0 Å². The standard InChI is InChI=1S/C21H23NO4/c23-20(19-14-25-17-8-4-5-9-18(17)26-19)22-15-21(10-12-24-13-11-21)16-6-2-1-3-7-16/h1-9,19H,10-15H2,(H,22,23)/t19-/m0/s1. The monoisotopic (exact) mass is 353 g/mol. The van der Waals surface area contributed by atoms with Crippen LogP contribution in [-0.2, 0) is 14.9 Å². The Morgan fingerprint density at radius 3 is 2.46 bits per heavy atom. The highest BCUT2D eigenvalue weighted by molar-refractivity contribution is 5.81. The molecule has 4 rings (SSSR count). The third-order valence-corrected chi connectivity index (χ3v) is 5.24. The Bertz CT molecular complexity index is 756. The molecule has 1 atom stereocenters. The van der Waals surface area contributed by atoms with Crippen LogP contribution >= 0.6 is 0 Å². The van der Waals surface area contributed by atoms with Crippen molar-refractivity contribution in [2.24, 2.45) is 0 Å². The van der Waals surface area contributed by atoms with E-state index in [0.717, 1.165) is 12.8 Å². The second-order valence-electron chi connectivity index (χ2n) is 6.84. The average Bonchev–Trinajstić information content (AvgIpc) is 2.73. The van der Waals surface area contributed by atoms with Crippen molar-refractivity contribution in [2.45, 2.75) is 24.4 Å². The van der Waals surface area contributed by atoms with Crippen molar-refractivity contribution >= 4 is 5.91 Å². The van der Waals surface area contributed by atoms with Crippen molar-refractivity contribution in [1.29, 1.82) is 0 Å². The van der Waals surface area contributed by atoms with Crippen LogP contribution < -0.4 is 14.8 Å². The molecule has 1 amide bonds. The number of ether oxygens (including phenoxy) is 3. The summed E-state index contributed by atoms with van der Waals surface area (Å²) < 4.78 is 17.0. The number of benzene rings is 2. The predicted molar refractivity (Wildman–Crippen MR) is 97.5 cm³/mol. The number of rotatable bonds is 4. The molecule has 2 aliphatic rings. The fourth-order valence-electron chi connectivity index (χ4n) is 3.64. The molecular formula is C21H23NO4. The zero-order chi connectivity index (χ0) is 17.8. The van der Waals surface area contributed by atoms with Gasteiger partial charge in [0.25, 0.3) is 5.91 Å². The number of carbonyl (C=O) groups is 1. The number of amides is 1. The molecule has 0 unspecified atom stereocenters. The van der Waals surface area contributed by atoms with Crippen LogP contribution in [0.3, 0.4) is 0 Å². The Labute approximate surface area is 153 Å². The van der Waals surface area contributed by atoms with E-state index < -0.39 is 6.10 Å². The van der Waals surface area contributed by atoms with Gasteiger partial charge in [-0.1, -0.05) is 42.5 Å². The van der Waals surface area contributed by atoms with Crippen LogP contribution in [0.4, 0.5) is 0 Å². The van der Waals surface area contributed by atoms with Gasteiger partial charge in [0.1, 0.15) is 6.61 Å². The van der Waals surface area contributed by atoms with Gasteiger partial charge in [0.15, 0.2) is 11.5 Å². The van der Waals surface area contributed by atoms with E-state index in [-0.39, 0.29) is 17.9 Å². The molecule has 0 aliphatic carbocycles. The van der Waals surface area contributed by atoms with Crippen molar-refractivity contribution < 1.29 is 19.0 Å². The van der Waals surface area contributed by atoms with Crippen molar-refractivity contribution in [3.05, 3.63) is 60.2 Å². The van der Waals surface area contributed by atoms with Gasteiger partial charge < -0.3 is 19.5 Å². The first-order valence-corrected chi connectivity index (χ1v) is 9.06. The van der Waals surface area contributed by atoms with Gasteiger partial charge >= 0.3 is 0 Å². The number of para-hydroxylation sites is 2. The number of hydrogen-bond acceptors (Lipinski definition) is 4. The van der Waals surface area contributed by atoms with Crippen LogP contribution in [0.5, 0.6) is 11.5 Å². The minimum Gasteiger partial charge on any atom is -0.485 e. The van der Waals surface area contributed by atoms with Gasteiger partial charge in [-0.2, -0.15) is 0 Å². The van der Waals surface area contributed by atoms with Gasteiger partial charge in [-0.15, -0.1) is 0 Å². The highest BCUT2D eigenvalue weighted by atomic mass is 16.6. The fourth-order valence-corrected chi connectivity index (χ4v) is 3.64. The molecule has 0 spiro atoms. The quantitative estimate of drug-likeness (QED) is 0.918. The van der Waals surface area contributed by atoms with E-state index in [1.54, 1.807) is 0 Å². The molecule has 2 aromatic carbocycles. The number of nitrogens with one attached hydrogen (secondary N) is 1. The van der Waals surface area contributed by atoms with E-state index in [1.807, 2.05) is 42.5 Å². The van der Waals surface area contributed by atoms with Crippen LogP contribution in [0.25, 0.3) is 0 Å². The van der Waals surface area contributed by atoms with Gasteiger partial charge in [-0.3, -0.25) is 4.79 Å². The zero-order valence-electron chi connectivity index (χ0n) is 14.6. The van der Waals surface area contributed by atoms with E-state index in [4.69, 9.17) is 14.2 Å². The fraction of sp³-hybridized carbons (Fsp3) is 0.381. The van der Waals surface area contributed by atoms with Crippen LogP contribution in [-0.4, -0.2) is 38.4 Å². The summed E-state index contributed by atoms with van der Waals surface area (Å²) in [6.45, 7) is 2.22. The molecule has 1 N–H and O–H groups in total. The maximum atomic E-state index is 12.7. The Morgan fingerprint density at radius 2 is 1.69 bits per heavy atom. The zero-order valence-corrected chi connectivity index (χ0v) is 14.6. The van der Waals surface area contributed by atoms with Crippen molar-refractivity contribution in [3.63, 3.8) is 0 Å². The van der Waals surface area contributed by atoms with Crippen molar-refractivity contribution in [2.75, 3.05) is 26.4 Å². The van der Waals surface area contributed by atoms with E-state index in [2.05, 4.69) is 17.4 Å². The maximum Gasteiger partial charge on any atom is 0.264 e. The predicted octanol–water partition coefficient (Wildman–Crippen LogP) is 2.69. The lowest BCUT2D eigenvalue weighted by molar-refractivity contribution is -0.130. The summed E-state index contributed by atoms with van der Waals surface area (Å²) in [5.74, 6) is 1.16. The molecule has 136 valence electrons. The summed E-state index contributed by atoms with van der Waals surface area (Å²) in [5, 5.41) is 3.09. The summed E-state index contributed by atoms with van der Waals surface area (Å²) in [7, 11) is 0. The first-order valence-electron chi connectivity index (χ1n) is 9.06. The summed E-state index contributed by atoms with van der Waals surface area (Å²) in [6.07, 6.45) is 1.15. The summed E-state index contributed by atoms with van der Waals surface area (Å²) >= 11 is 0. The molecule has 2 aliphatic heterocycles. The van der Waals surface area contributed by atoms with E-state index in [1.165, 1.54) is 5.56 Å². The molecule has 0 radical (unpaired) electrons. The Balaban J connectivity index is 1.44. The summed E-state index contributed by atoms with van der Waals surface area (Å²) in [4.78, 5) is 12.7. The number of hydrogen-bond donors (Lipinski definition) is 1. The lowest BCUT2D eigenvalue weighted by Gasteiger charge is -2.38. The van der Waals surface area contributed by atoms with Crippen LogP contribution in [0.2, 0.25) is 0 Å². The van der Waals surface area contributed by atoms with Crippen LogP contribution in [0.1, 0.15) is 18.4 Å². The second kappa shape index (κ2) is 7.38. The molecule has 2 aromatic rings. The maximum absolute atomic E-state index is 12.7. The van der Waals surface area contributed by atoms with E-state index in [0.29, 0.717) is 31.3 Å². The van der Waals surface area contributed by atoms with Gasteiger partial charge in [0.2, 0.25) is 6.10 Å². The van der Waals surface area contributed by atoms with Crippen molar-refractivity contribution in [1.82, 2.24) is 5.32 Å². The summed E-state index contributed by atoms with van der Waals surface area (Å²) in [6, 6.07) is 17.8. The molecule has 5 heteroatoms. The number of fused-ring (bicyclic) bond motifs is 1. The van der Waals surface area contributed by atoms with Gasteiger partial charge in [0.05, 0.1) is 0 Å². The van der Waals surface area contributed by atoms with Crippen molar-refractivity contribution in [3.8, 4) is 11.5 Å². The van der Waals surface area contributed by atoms with Gasteiger partial charge in [-0.05, 0) is 30.5 Å². The molecule has 5 nitrogen and oxygen atoms in total.